The minimum atomic E-state index is 0.163. The predicted octanol–water partition coefficient (Wildman–Crippen LogP) is 3.71. The van der Waals surface area contributed by atoms with Gasteiger partial charge in [0.2, 0.25) is 0 Å². The van der Waals surface area contributed by atoms with Crippen molar-refractivity contribution in [3.63, 3.8) is 0 Å². The molecule has 1 aromatic heterocycles. The third kappa shape index (κ3) is 2.71. The topological polar surface area (TPSA) is 12.9 Å². The number of alkyl halides is 1. The van der Waals surface area contributed by atoms with Crippen molar-refractivity contribution < 1.29 is 0 Å². The van der Waals surface area contributed by atoms with E-state index in [0.717, 1.165) is 10.9 Å². The zero-order valence-corrected chi connectivity index (χ0v) is 10.3. The largest absolute Gasteiger partial charge is 0.200 e. The first-order valence-corrected chi connectivity index (χ1v) is 5.80. The van der Waals surface area contributed by atoms with E-state index < -0.39 is 0 Å². The monoisotopic (exact) mass is 267 g/mol. The Morgan fingerprint density at radius 2 is 2.33 bits per heavy atom. The van der Waals surface area contributed by atoms with E-state index in [1.165, 1.54) is 16.4 Å². The Bertz CT molecular complexity index is 259. The molecule has 0 amide bonds. The summed E-state index contributed by atoms with van der Waals surface area (Å²) < 4.78 is 5.19. The van der Waals surface area contributed by atoms with Crippen LogP contribution in [0.2, 0.25) is 0 Å². The SMILES string of the molecule is CC(C)(CCl)Cc1sncc1Br. The van der Waals surface area contributed by atoms with Crippen LogP contribution < -0.4 is 0 Å². The van der Waals surface area contributed by atoms with E-state index in [1.54, 1.807) is 0 Å². The molecule has 4 heteroatoms. The van der Waals surface area contributed by atoms with Crippen molar-refractivity contribution in [2.45, 2.75) is 20.3 Å². The summed E-state index contributed by atoms with van der Waals surface area (Å²) in [5, 5.41) is 0. The third-order valence-corrected chi connectivity index (χ3v) is 4.06. The lowest BCUT2D eigenvalue weighted by molar-refractivity contribution is 0.421. The molecule has 0 radical (unpaired) electrons. The average molecular weight is 269 g/mol. The summed E-state index contributed by atoms with van der Waals surface area (Å²) >= 11 is 10.8. The number of nitrogens with zero attached hydrogens (tertiary/aromatic N) is 1. The van der Waals surface area contributed by atoms with E-state index in [9.17, 15) is 0 Å². The Labute approximate surface area is 90.4 Å². The Balaban J connectivity index is 2.70. The molecule has 0 aliphatic rings. The van der Waals surface area contributed by atoms with Crippen molar-refractivity contribution in [2.75, 3.05) is 5.88 Å². The smallest absolute Gasteiger partial charge is 0.0552 e. The van der Waals surface area contributed by atoms with Gasteiger partial charge in [0, 0.05) is 10.8 Å². The summed E-state index contributed by atoms with van der Waals surface area (Å²) in [6.07, 6.45) is 2.83. The highest BCUT2D eigenvalue weighted by Gasteiger charge is 2.19. The Kier molecular flexibility index (Phi) is 3.56. The molecule has 68 valence electrons. The molecule has 1 nitrogen and oxygen atoms in total. The minimum absolute atomic E-state index is 0.163. The fraction of sp³-hybridized carbons (Fsp3) is 0.625. The van der Waals surface area contributed by atoms with Gasteiger partial charge in [0.1, 0.15) is 0 Å². The summed E-state index contributed by atoms with van der Waals surface area (Å²) in [7, 11) is 0. The molecule has 12 heavy (non-hydrogen) atoms. The number of hydrogen-bond donors (Lipinski definition) is 0. The van der Waals surface area contributed by atoms with Gasteiger partial charge < -0.3 is 0 Å². The van der Waals surface area contributed by atoms with Crippen molar-refractivity contribution in [1.82, 2.24) is 4.37 Å². The van der Waals surface area contributed by atoms with Gasteiger partial charge >= 0.3 is 0 Å². The van der Waals surface area contributed by atoms with Crippen molar-refractivity contribution >= 4 is 39.1 Å². The van der Waals surface area contributed by atoms with Gasteiger partial charge in [-0.3, -0.25) is 0 Å². The van der Waals surface area contributed by atoms with Crippen molar-refractivity contribution in [3.05, 3.63) is 15.5 Å². The normalized spacial score (nSPS) is 12.0. The molecule has 1 heterocycles. The van der Waals surface area contributed by atoms with E-state index >= 15 is 0 Å². The van der Waals surface area contributed by atoms with Gasteiger partial charge in [-0.2, -0.15) is 4.37 Å². The molecule has 0 saturated heterocycles. The highest BCUT2D eigenvalue weighted by Crippen LogP contribution is 2.29. The van der Waals surface area contributed by atoms with Crippen LogP contribution in [0.4, 0.5) is 0 Å². The average Bonchev–Trinajstić information content (AvgIpc) is 2.36. The lowest BCUT2D eigenvalue weighted by Gasteiger charge is -2.19. The van der Waals surface area contributed by atoms with Crippen LogP contribution in [-0.2, 0) is 6.42 Å². The molecule has 0 N–H and O–H groups in total. The Morgan fingerprint density at radius 1 is 1.67 bits per heavy atom. The molecule has 0 fully saturated rings. The fourth-order valence-corrected chi connectivity index (χ4v) is 2.42. The molecule has 0 saturated carbocycles. The minimum Gasteiger partial charge on any atom is -0.200 e. The van der Waals surface area contributed by atoms with Gasteiger partial charge in [-0.25, -0.2) is 0 Å². The van der Waals surface area contributed by atoms with E-state index in [4.69, 9.17) is 11.6 Å². The quantitative estimate of drug-likeness (QED) is 0.762. The van der Waals surface area contributed by atoms with Crippen LogP contribution in [0.15, 0.2) is 10.7 Å². The summed E-state index contributed by atoms with van der Waals surface area (Å²) in [6, 6.07) is 0. The molecule has 0 spiro atoms. The van der Waals surface area contributed by atoms with E-state index in [1.807, 2.05) is 6.20 Å². The summed E-state index contributed by atoms with van der Waals surface area (Å²) in [4.78, 5) is 1.28. The van der Waals surface area contributed by atoms with Crippen LogP contribution in [0, 0.1) is 5.41 Å². The highest BCUT2D eigenvalue weighted by atomic mass is 79.9. The summed E-state index contributed by atoms with van der Waals surface area (Å²) in [5.41, 5.74) is 0.163. The van der Waals surface area contributed by atoms with Gasteiger partial charge in [-0.15, -0.1) is 11.6 Å². The second kappa shape index (κ2) is 4.07. The second-order valence-corrected chi connectivity index (χ2v) is 5.58. The van der Waals surface area contributed by atoms with Gasteiger partial charge in [0.05, 0.1) is 10.7 Å². The maximum Gasteiger partial charge on any atom is 0.0552 e. The molecular weight excluding hydrogens is 258 g/mol. The van der Waals surface area contributed by atoms with E-state index in [2.05, 4.69) is 34.2 Å². The molecule has 0 unspecified atom stereocenters. The Morgan fingerprint density at radius 3 is 2.75 bits per heavy atom. The van der Waals surface area contributed by atoms with Gasteiger partial charge in [-0.05, 0) is 39.3 Å². The number of rotatable bonds is 3. The first-order valence-electron chi connectivity index (χ1n) is 3.70. The maximum atomic E-state index is 5.83. The number of hydrogen-bond acceptors (Lipinski definition) is 2. The number of aromatic nitrogens is 1. The molecule has 1 rings (SSSR count). The van der Waals surface area contributed by atoms with Crippen LogP contribution in [0.3, 0.4) is 0 Å². The van der Waals surface area contributed by atoms with Crippen LogP contribution in [0.5, 0.6) is 0 Å². The molecule has 0 bridgehead atoms. The van der Waals surface area contributed by atoms with Crippen molar-refractivity contribution in [3.8, 4) is 0 Å². The molecule has 0 aliphatic heterocycles. The van der Waals surface area contributed by atoms with Crippen LogP contribution in [0.1, 0.15) is 18.7 Å². The first kappa shape index (κ1) is 10.5. The molecular formula is C8H11BrClNS. The lowest BCUT2D eigenvalue weighted by atomic mass is 9.91. The zero-order valence-electron chi connectivity index (χ0n) is 7.10. The molecule has 0 aliphatic carbocycles. The highest BCUT2D eigenvalue weighted by molar-refractivity contribution is 9.10. The van der Waals surface area contributed by atoms with E-state index in [0.29, 0.717) is 5.88 Å². The van der Waals surface area contributed by atoms with Gasteiger partial charge in [0.25, 0.3) is 0 Å². The summed E-state index contributed by atoms with van der Waals surface area (Å²) in [6.45, 7) is 4.32. The lowest BCUT2D eigenvalue weighted by Crippen LogP contribution is -2.16. The summed E-state index contributed by atoms with van der Waals surface area (Å²) in [5.74, 6) is 0.678. The standard InChI is InChI=1S/C8H11BrClNS/c1-8(2,5-10)3-7-6(9)4-11-12-7/h4H,3,5H2,1-2H3. The van der Waals surface area contributed by atoms with Crippen LogP contribution >= 0.6 is 39.1 Å². The molecule has 0 aromatic carbocycles. The molecule has 0 atom stereocenters. The first-order chi connectivity index (χ1) is 5.55. The van der Waals surface area contributed by atoms with Crippen molar-refractivity contribution in [1.29, 1.82) is 0 Å². The van der Waals surface area contributed by atoms with E-state index in [-0.39, 0.29) is 5.41 Å². The van der Waals surface area contributed by atoms with Gasteiger partial charge in [0.15, 0.2) is 0 Å². The van der Waals surface area contributed by atoms with Gasteiger partial charge in [-0.1, -0.05) is 13.8 Å². The second-order valence-electron chi connectivity index (χ2n) is 3.57. The van der Waals surface area contributed by atoms with Crippen LogP contribution in [-0.4, -0.2) is 10.3 Å². The number of halogens is 2. The van der Waals surface area contributed by atoms with Crippen molar-refractivity contribution in [2.24, 2.45) is 5.41 Å². The zero-order chi connectivity index (χ0) is 9.19. The Hall–Kier alpha value is 0.400. The molecule has 1 aromatic rings. The fourth-order valence-electron chi connectivity index (χ4n) is 0.850. The predicted molar refractivity (Wildman–Crippen MR) is 58.0 cm³/mol. The maximum absolute atomic E-state index is 5.83. The van der Waals surface area contributed by atoms with Crippen LogP contribution in [0.25, 0.3) is 0 Å². The third-order valence-electron chi connectivity index (χ3n) is 1.60.